The van der Waals surface area contributed by atoms with Gasteiger partial charge < -0.3 is 15.5 Å². The van der Waals surface area contributed by atoms with Crippen molar-refractivity contribution >= 4 is 11.9 Å². The van der Waals surface area contributed by atoms with Gasteiger partial charge in [0.05, 0.1) is 0 Å². The molecule has 25 heavy (non-hydrogen) atoms. The molecule has 1 saturated heterocycles. The Kier molecular flexibility index (Phi) is 7.22. The lowest BCUT2D eigenvalue weighted by Gasteiger charge is -2.27. The number of carbonyl (C=O) groups excluding carboxylic acids is 1. The van der Waals surface area contributed by atoms with Crippen molar-refractivity contribution in [1.29, 1.82) is 0 Å². The third-order valence-electron chi connectivity index (χ3n) is 4.71. The minimum Gasteiger partial charge on any atom is -0.356 e. The van der Waals surface area contributed by atoms with Crippen molar-refractivity contribution in [3.05, 3.63) is 35.1 Å². The van der Waals surface area contributed by atoms with E-state index in [0.717, 1.165) is 37.9 Å². The number of aliphatic imine (C=N–C) groups is 1. The van der Waals surface area contributed by atoms with Gasteiger partial charge in [-0.05, 0) is 43.4 Å². The molecule has 0 saturated carbocycles. The number of guanidine groups is 1. The number of nitrogens with zero attached hydrogens (tertiary/aromatic N) is 2. The molecule has 1 atom stereocenters. The van der Waals surface area contributed by atoms with E-state index in [1.165, 1.54) is 0 Å². The maximum atomic E-state index is 13.6. The van der Waals surface area contributed by atoms with E-state index >= 15 is 0 Å². The Morgan fingerprint density at radius 2 is 2.20 bits per heavy atom. The molecule has 2 N–H and O–H groups in total. The highest BCUT2D eigenvalue weighted by Gasteiger charge is 2.26. The fraction of sp³-hybridized carbons (Fsp3) is 0.579. The van der Waals surface area contributed by atoms with E-state index < -0.39 is 0 Å². The molecule has 1 aromatic rings. The van der Waals surface area contributed by atoms with Crippen molar-refractivity contribution in [3.8, 4) is 0 Å². The summed E-state index contributed by atoms with van der Waals surface area (Å²) in [4.78, 5) is 18.1. The van der Waals surface area contributed by atoms with Crippen LogP contribution in [-0.4, -0.2) is 42.9 Å². The SMILES string of the molecule is CCC(CCNC(=NC)NCc1ccc(C)c(F)c1)N1CCCC1=O. The van der Waals surface area contributed by atoms with Crippen LogP contribution in [0.4, 0.5) is 4.39 Å². The van der Waals surface area contributed by atoms with Crippen molar-refractivity contribution in [2.75, 3.05) is 20.1 Å². The summed E-state index contributed by atoms with van der Waals surface area (Å²) in [7, 11) is 1.71. The van der Waals surface area contributed by atoms with E-state index in [1.54, 1.807) is 26.1 Å². The fourth-order valence-corrected chi connectivity index (χ4v) is 3.15. The van der Waals surface area contributed by atoms with Crippen molar-refractivity contribution in [2.24, 2.45) is 4.99 Å². The molecule has 1 heterocycles. The standard InChI is InChI=1S/C19H29FN4O/c1-4-16(24-11-5-6-18(24)25)9-10-22-19(21-3)23-13-15-8-7-14(2)17(20)12-15/h7-8,12,16H,4-6,9-11,13H2,1-3H3,(H2,21,22,23). The average molecular weight is 348 g/mol. The molecule has 0 bridgehead atoms. The summed E-state index contributed by atoms with van der Waals surface area (Å²) in [6.45, 7) is 6.00. The number of halogens is 1. The molecular formula is C19H29FN4O. The second-order valence-corrected chi connectivity index (χ2v) is 6.48. The molecule has 0 radical (unpaired) electrons. The van der Waals surface area contributed by atoms with E-state index in [9.17, 15) is 9.18 Å². The summed E-state index contributed by atoms with van der Waals surface area (Å²) in [5, 5.41) is 6.47. The van der Waals surface area contributed by atoms with Crippen molar-refractivity contribution in [1.82, 2.24) is 15.5 Å². The van der Waals surface area contributed by atoms with Crippen LogP contribution in [0.2, 0.25) is 0 Å². The molecule has 2 rings (SSSR count). The van der Waals surface area contributed by atoms with Crippen LogP contribution >= 0.6 is 0 Å². The van der Waals surface area contributed by atoms with Crippen molar-refractivity contribution in [2.45, 2.75) is 52.1 Å². The van der Waals surface area contributed by atoms with E-state index in [1.807, 2.05) is 11.0 Å². The lowest BCUT2D eigenvalue weighted by Crippen LogP contribution is -2.41. The number of hydrogen-bond acceptors (Lipinski definition) is 2. The summed E-state index contributed by atoms with van der Waals surface area (Å²) in [6.07, 6.45) is 3.50. The molecule has 1 aliphatic rings. The number of benzene rings is 1. The number of likely N-dealkylation sites (tertiary alicyclic amines) is 1. The third kappa shape index (κ3) is 5.44. The first kappa shape index (κ1) is 19.2. The molecule has 6 heteroatoms. The lowest BCUT2D eigenvalue weighted by atomic mass is 10.1. The zero-order valence-corrected chi connectivity index (χ0v) is 15.4. The zero-order valence-electron chi connectivity index (χ0n) is 15.4. The minimum atomic E-state index is -0.191. The first-order valence-electron chi connectivity index (χ1n) is 9.04. The van der Waals surface area contributed by atoms with Gasteiger partial charge >= 0.3 is 0 Å². The minimum absolute atomic E-state index is 0.191. The number of carbonyl (C=O) groups is 1. The van der Waals surface area contributed by atoms with Crippen LogP contribution < -0.4 is 10.6 Å². The van der Waals surface area contributed by atoms with E-state index in [2.05, 4.69) is 22.5 Å². The maximum Gasteiger partial charge on any atom is 0.222 e. The van der Waals surface area contributed by atoms with Gasteiger partial charge in [0.1, 0.15) is 5.82 Å². The van der Waals surface area contributed by atoms with E-state index in [0.29, 0.717) is 24.5 Å². The Hall–Kier alpha value is -2.11. The van der Waals surface area contributed by atoms with Gasteiger partial charge in [0.15, 0.2) is 5.96 Å². The average Bonchev–Trinajstić information content (AvgIpc) is 3.03. The largest absolute Gasteiger partial charge is 0.356 e. The maximum absolute atomic E-state index is 13.6. The van der Waals surface area contributed by atoms with Gasteiger partial charge in [-0.25, -0.2) is 4.39 Å². The van der Waals surface area contributed by atoms with Crippen molar-refractivity contribution < 1.29 is 9.18 Å². The van der Waals surface area contributed by atoms with Gasteiger partial charge in [0.25, 0.3) is 0 Å². The fourth-order valence-electron chi connectivity index (χ4n) is 3.15. The normalized spacial score (nSPS) is 16.2. The summed E-state index contributed by atoms with van der Waals surface area (Å²) in [6, 6.07) is 5.51. The highest BCUT2D eigenvalue weighted by molar-refractivity contribution is 5.79. The first-order valence-corrected chi connectivity index (χ1v) is 9.04. The van der Waals surface area contributed by atoms with Gasteiger partial charge in [0.2, 0.25) is 5.91 Å². The molecule has 0 aromatic heterocycles. The monoisotopic (exact) mass is 348 g/mol. The topological polar surface area (TPSA) is 56.7 Å². The van der Waals surface area contributed by atoms with Crippen LogP contribution in [0, 0.1) is 12.7 Å². The molecule has 1 fully saturated rings. The van der Waals surface area contributed by atoms with Crippen LogP contribution in [0.3, 0.4) is 0 Å². The molecule has 1 amide bonds. The lowest BCUT2D eigenvalue weighted by molar-refractivity contribution is -0.129. The summed E-state index contributed by atoms with van der Waals surface area (Å²) >= 11 is 0. The number of rotatable bonds is 7. The third-order valence-corrected chi connectivity index (χ3v) is 4.71. The number of aryl methyl sites for hydroxylation is 1. The van der Waals surface area contributed by atoms with E-state index in [4.69, 9.17) is 0 Å². The molecular weight excluding hydrogens is 319 g/mol. The second kappa shape index (κ2) is 9.39. The first-order chi connectivity index (χ1) is 12.0. The van der Waals surface area contributed by atoms with Gasteiger partial charge in [-0.15, -0.1) is 0 Å². The predicted octanol–water partition coefficient (Wildman–Crippen LogP) is 2.59. The van der Waals surface area contributed by atoms with Gasteiger partial charge in [-0.1, -0.05) is 19.1 Å². The molecule has 5 nitrogen and oxygen atoms in total. The highest BCUT2D eigenvalue weighted by Crippen LogP contribution is 2.17. The second-order valence-electron chi connectivity index (χ2n) is 6.48. The molecule has 1 aromatic carbocycles. The van der Waals surface area contributed by atoms with Crippen LogP contribution in [0.1, 0.15) is 43.7 Å². The Morgan fingerprint density at radius 3 is 2.80 bits per heavy atom. The Labute approximate surface area is 149 Å². The molecule has 1 unspecified atom stereocenters. The van der Waals surface area contributed by atoms with Crippen LogP contribution in [0.25, 0.3) is 0 Å². The Bertz CT molecular complexity index is 617. The molecule has 138 valence electrons. The quantitative estimate of drug-likeness (QED) is 0.588. The number of amides is 1. The van der Waals surface area contributed by atoms with Gasteiger partial charge in [-0.2, -0.15) is 0 Å². The summed E-state index contributed by atoms with van der Waals surface area (Å²) < 4.78 is 13.6. The predicted molar refractivity (Wildman–Crippen MR) is 99.0 cm³/mol. The van der Waals surface area contributed by atoms with E-state index in [-0.39, 0.29) is 17.8 Å². The molecule has 1 aliphatic heterocycles. The van der Waals surface area contributed by atoms with Crippen LogP contribution in [0.15, 0.2) is 23.2 Å². The highest BCUT2D eigenvalue weighted by atomic mass is 19.1. The Morgan fingerprint density at radius 1 is 1.40 bits per heavy atom. The van der Waals surface area contributed by atoms with Gasteiger partial charge in [-0.3, -0.25) is 9.79 Å². The number of nitrogens with one attached hydrogen (secondary N) is 2. The van der Waals surface area contributed by atoms with Gasteiger partial charge in [0, 0.05) is 39.1 Å². The summed E-state index contributed by atoms with van der Waals surface area (Å²) in [5.74, 6) is 0.766. The smallest absolute Gasteiger partial charge is 0.222 e. The number of hydrogen-bond donors (Lipinski definition) is 2. The summed E-state index contributed by atoms with van der Waals surface area (Å²) in [5.41, 5.74) is 1.52. The van der Waals surface area contributed by atoms with Crippen LogP contribution in [-0.2, 0) is 11.3 Å². The molecule has 0 aliphatic carbocycles. The van der Waals surface area contributed by atoms with Crippen molar-refractivity contribution in [3.63, 3.8) is 0 Å². The zero-order chi connectivity index (χ0) is 18.2. The Balaban J connectivity index is 1.77. The van der Waals surface area contributed by atoms with Crippen LogP contribution in [0.5, 0.6) is 0 Å². The molecule has 0 spiro atoms.